The highest BCUT2D eigenvalue weighted by Crippen LogP contribution is 2.46. The third-order valence-corrected chi connectivity index (χ3v) is 24.8. The van der Waals surface area contributed by atoms with Crippen LogP contribution in [0.25, 0.3) is 158 Å². The van der Waals surface area contributed by atoms with Gasteiger partial charge in [0.25, 0.3) is 13.8 Å². The molecule has 0 saturated carbocycles. The van der Waals surface area contributed by atoms with Crippen molar-refractivity contribution in [2.75, 3.05) is 14.7 Å². The first-order chi connectivity index (χ1) is 67.6. The predicted molar refractivity (Wildman–Crippen MR) is 558 cm³/mol. The number of nitriles is 4. The Morgan fingerprint density at radius 1 is 0.263 bits per heavy atom. The van der Waals surface area contributed by atoms with E-state index in [1.807, 2.05) is 18.2 Å². The van der Waals surface area contributed by atoms with E-state index in [2.05, 4.69) is 492 Å². The molecule has 0 atom stereocenters. The van der Waals surface area contributed by atoms with Crippen LogP contribution < -0.4 is 14.7 Å². The third-order valence-electron chi connectivity index (χ3n) is 24.8. The van der Waals surface area contributed by atoms with Gasteiger partial charge in [-0.05, 0) is 213 Å². The maximum absolute atomic E-state index is 9.38. The molecule has 0 N–H and O–H groups in total. The molecule has 137 heavy (non-hydrogen) atoms. The molecule has 18 aromatic carbocycles. The van der Waals surface area contributed by atoms with Crippen molar-refractivity contribution in [1.82, 2.24) is 33.6 Å². The van der Waals surface area contributed by atoms with Crippen molar-refractivity contribution in [2.45, 2.75) is 0 Å². The number of para-hydroxylation sites is 8. The van der Waals surface area contributed by atoms with E-state index in [-0.39, 0.29) is 56.2 Å². The summed E-state index contributed by atoms with van der Waals surface area (Å²) in [7, 11) is 6.97. The fourth-order valence-electron chi connectivity index (χ4n) is 18.8. The quantitative estimate of drug-likeness (QED) is 0.0462. The maximum atomic E-state index is 9.38. The van der Waals surface area contributed by atoms with Gasteiger partial charge in [-0.15, -0.1) is 9.97 Å². The summed E-state index contributed by atoms with van der Waals surface area (Å²) in [5, 5.41) is 50.6. The normalized spacial score (nSPS) is 10.9. The van der Waals surface area contributed by atoms with Gasteiger partial charge in [0.05, 0.1) is 61.7 Å². The van der Waals surface area contributed by atoms with Crippen LogP contribution in [-0.2, 0) is 0 Å². The fourth-order valence-corrected chi connectivity index (χ4v) is 18.8. The van der Waals surface area contributed by atoms with Crippen LogP contribution in [0.1, 0.15) is 22.5 Å². The van der Waals surface area contributed by atoms with Crippen LogP contribution >= 0.6 is 9.03 Å². The average molecular weight is 1770 g/mol. The first kappa shape index (κ1) is 84.4. The number of hydrogen-bond acceptors (Lipinski definition) is 12. The highest BCUT2D eigenvalue weighted by Gasteiger charge is 2.27. The zero-order chi connectivity index (χ0) is 93.0. The van der Waals surface area contributed by atoms with Gasteiger partial charge in [0.1, 0.15) is 29.2 Å². The van der Waals surface area contributed by atoms with E-state index in [1.165, 1.54) is 110 Å². The van der Waals surface area contributed by atoms with E-state index in [1.54, 1.807) is 6.07 Å². The van der Waals surface area contributed by atoms with E-state index in [0.717, 1.165) is 68.2 Å². The number of pyridine rings is 2. The third kappa shape index (κ3) is 15.5. The van der Waals surface area contributed by atoms with Crippen molar-refractivity contribution in [3.8, 4) is 52.5 Å². The van der Waals surface area contributed by atoms with Gasteiger partial charge < -0.3 is 42.7 Å². The molecular weight excluding hydrogens is 1700 g/mol. The summed E-state index contributed by atoms with van der Waals surface area (Å²) < 4.78 is 9.93. The van der Waals surface area contributed by atoms with Gasteiger partial charge in [-0.25, -0.2) is 9.97 Å². The summed E-state index contributed by atoms with van der Waals surface area (Å²) in [6, 6.07) is 159. The van der Waals surface area contributed by atoms with Gasteiger partial charge in [0.2, 0.25) is 11.0 Å². The summed E-state index contributed by atoms with van der Waals surface area (Å²) in [4.78, 5) is 30.4. The van der Waals surface area contributed by atoms with Crippen LogP contribution in [0.15, 0.2) is 429 Å². The second-order valence-electron chi connectivity index (χ2n) is 32.4. The Bertz CT molecular complexity index is 8090. The maximum Gasteiger partial charge on any atom is 0.307 e. The molecule has 0 aliphatic heterocycles. The van der Waals surface area contributed by atoms with Crippen LogP contribution in [0.3, 0.4) is 0 Å². The molecule has 6 aromatic heterocycles. The molecule has 0 saturated heterocycles. The highest BCUT2D eigenvalue weighted by atomic mass is 31.0. The molecule has 24 aromatic rings. The standard InChI is InChI=1S/C54H36N4.C44H32N2.C20H2N10.BHNP/c1-7-19-49-43(13-1)44-14-2-8-20-50(44)56(49)40-31-25-37(26-32-40)55(38-27-33-41(34-28-38)57-51-21-9-3-15-45(51)46-16-4-10-22-52(46)57)39-29-35-42(36-30-39)58-53-23-11-5-17-47(53)48-18-6-12-24-54(48)58;1-3-17-37(18-4-1)45(43-23-11-15-35-13-7-9-21-41(35)43)39-29-25-33(26-30-39)34-27-31-40(32-28-34)46(38-19-5-2-6-20-38)44-24-12-16-36-14-8-10-22-42(36)44;1-25-19-10(6-22)4-12-11-3-9(5-21)13(7-23)27-15(11)17-18(16(12)29-19)30-20(26-2)14(8-24)28-17;1-2-3/h1-36H;1-32H;3-4H;3H. The van der Waals surface area contributed by atoms with E-state index < -0.39 is 0 Å². The first-order valence-electron chi connectivity index (χ1n) is 44.0. The van der Waals surface area contributed by atoms with Gasteiger partial charge in [0, 0.05) is 111 Å². The first-order valence-corrected chi connectivity index (χ1v) is 44.5. The second-order valence-corrected chi connectivity index (χ2v) is 32.6. The molecule has 0 aliphatic rings. The van der Waals surface area contributed by atoms with Gasteiger partial charge in [-0.3, -0.25) is 0 Å². The lowest BCUT2D eigenvalue weighted by atomic mass is 10.0. The zero-order valence-corrected chi connectivity index (χ0v) is 74.1. The Hall–Kier alpha value is -19.5. The summed E-state index contributed by atoms with van der Waals surface area (Å²) in [5.74, 6) is -0.418. The number of benzene rings is 18. The van der Waals surface area contributed by atoms with E-state index in [0.29, 0.717) is 10.8 Å². The number of fused-ring (bicyclic) bond motifs is 17. The zero-order valence-electron chi connectivity index (χ0n) is 73.1. The molecular formula is C118H71BN17P. The number of nitrogens with zero attached hydrogens (tertiary/aromatic N) is 17. The van der Waals surface area contributed by atoms with Gasteiger partial charge in [0.15, 0.2) is 11.4 Å². The minimum atomic E-state index is -0.254. The fraction of sp³-hybridized carbons (Fsp3) is 0. The number of anilines is 9. The molecule has 0 unspecified atom stereocenters. The number of aromatic nitrogens is 7. The van der Waals surface area contributed by atoms with E-state index in [9.17, 15) is 21.0 Å². The Morgan fingerprint density at radius 2 is 0.533 bits per heavy atom. The van der Waals surface area contributed by atoms with Crippen LogP contribution in [0.5, 0.6) is 0 Å². The summed E-state index contributed by atoms with van der Waals surface area (Å²) in [6.45, 7) is 14.5. The molecule has 0 amide bonds. The van der Waals surface area contributed by atoms with E-state index in [4.69, 9.17) is 13.1 Å². The Balaban J connectivity index is 0.000000127. The van der Waals surface area contributed by atoms with Gasteiger partial charge in [-0.2, -0.15) is 21.0 Å². The molecule has 0 bridgehead atoms. The molecule has 6 heterocycles. The minimum Gasteiger partial charge on any atom is -0.360 e. The lowest BCUT2D eigenvalue weighted by molar-refractivity contribution is 1.16. The second kappa shape index (κ2) is 36.8. The van der Waals surface area contributed by atoms with Crippen LogP contribution in [0, 0.1) is 58.5 Å². The molecule has 636 valence electrons. The van der Waals surface area contributed by atoms with Crippen LogP contribution in [-0.4, -0.2) is 41.6 Å². The molecule has 0 aliphatic carbocycles. The minimum absolute atomic E-state index is 0.00431. The summed E-state index contributed by atoms with van der Waals surface area (Å²) in [6.07, 6.45) is 0. The summed E-state index contributed by atoms with van der Waals surface area (Å²) >= 11 is 0. The smallest absolute Gasteiger partial charge is 0.307 e. The highest BCUT2D eigenvalue weighted by molar-refractivity contribution is 7.05. The molecule has 2 radical (unpaired) electrons. The van der Waals surface area contributed by atoms with Crippen LogP contribution in [0.2, 0.25) is 0 Å². The molecule has 0 fully saturated rings. The van der Waals surface area contributed by atoms with Crippen LogP contribution in [0.4, 0.5) is 62.8 Å². The van der Waals surface area contributed by atoms with Crippen molar-refractivity contribution >= 4 is 200 Å². The van der Waals surface area contributed by atoms with E-state index >= 15 is 0 Å². The van der Waals surface area contributed by atoms with Crippen molar-refractivity contribution in [3.63, 3.8) is 0 Å². The molecule has 17 nitrogen and oxygen atoms in total. The molecule has 24 rings (SSSR count). The Morgan fingerprint density at radius 3 is 0.876 bits per heavy atom. The van der Waals surface area contributed by atoms with Crippen molar-refractivity contribution in [2.24, 2.45) is 4.66 Å². The SMILES string of the molecule is [B]N=P.[C-]#[N+]c1nc2c(cc1C#N)c1cc(C#N)c(C#N)nc1c1nc(C#N)c([N+]#[C-])nc21.c1ccc(N(c2ccc(-c3ccc(N(c4ccccc4)c4cccc5ccccc45)cc3)cc2)c2cccc3ccccc23)cc1.c1ccc2c(c1)c1ccccc1n2-c1ccc(N(c2ccc(-n3c4ccccc4c4ccccc43)cc2)c2ccc(-n3c4ccccc4c4ccccc43)cc2)cc1. The lowest BCUT2D eigenvalue weighted by Crippen LogP contribution is -2.10. The Labute approximate surface area is 790 Å². The predicted octanol–water partition coefficient (Wildman–Crippen LogP) is 30.8. The van der Waals surface area contributed by atoms with Crippen molar-refractivity contribution < 1.29 is 0 Å². The van der Waals surface area contributed by atoms with Crippen molar-refractivity contribution in [1.29, 1.82) is 21.0 Å². The molecule has 19 heteroatoms. The summed E-state index contributed by atoms with van der Waals surface area (Å²) in [5.41, 5.74) is 23.2. The molecule has 0 spiro atoms. The van der Waals surface area contributed by atoms with Crippen molar-refractivity contribution in [3.05, 3.63) is 470 Å². The topological polar surface area (TPSA) is 192 Å². The average Bonchev–Trinajstić information content (AvgIpc) is 1.68. The number of hydrogen-bond donors (Lipinski definition) is 0. The lowest BCUT2D eigenvalue weighted by Gasteiger charge is -2.27. The number of rotatable bonds is 13. The largest absolute Gasteiger partial charge is 0.360 e. The Kier molecular flexibility index (Phi) is 22.7. The van der Waals surface area contributed by atoms with Gasteiger partial charge >= 0.3 is 5.82 Å². The monoisotopic (exact) mass is 1770 g/mol. The van der Waals surface area contributed by atoms with Gasteiger partial charge in [-0.1, -0.05) is 256 Å².